The Morgan fingerprint density at radius 2 is 1.03 bits per heavy atom. The highest BCUT2D eigenvalue weighted by Crippen LogP contribution is 2.11. The maximum absolute atomic E-state index is 4.58. The summed E-state index contributed by atoms with van der Waals surface area (Å²) in [6.07, 6.45) is 34.5. The van der Waals surface area contributed by atoms with E-state index in [0.29, 0.717) is 0 Å². The number of thiophene rings is 1. The van der Waals surface area contributed by atoms with Gasteiger partial charge in [-0.25, -0.2) is 15.0 Å². The minimum Gasteiger partial charge on any atom is -0.473 e. The maximum Gasteiger partial charge on any atom is 0.180 e. The maximum atomic E-state index is 4.58. The van der Waals surface area contributed by atoms with Crippen molar-refractivity contribution in [2.24, 2.45) is 0 Å². The average Bonchev–Trinajstić information content (AvgIpc) is 4.35. The summed E-state index contributed by atoms with van der Waals surface area (Å²) >= 11 is 4.81. The third kappa shape index (κ3) is 47.7. The van der Waals surface area contributed by atoms with Crippen LogP contribution in [0.15, 0.2) is 329 Å². The highest BCUT2D eigenvalue weighted by molar-refractivity contribution is 7.08. The zero-order valence-electron chi connectivity index (χ0n) is 41.3. The van der Waals surface area contributed by atoms with E-state index in [4.69, 9.17) is 0 Å². The van der Waals surface area contributed by atoms with E-state index in [1.807, 2.05) is 126 Å². The highest BCUT2D eigenvalue weighted by atomic mass is 32.1. The lowest BCUT2D eigenvalue weighted by Crippen LogP contribution is -1.67. The van der Waals surface area contributed by atoms with Crippen molar-refractivity contribution in [1.29, 1.82) is 0 Å². The zero-order chi connectivity index (χ0) is 54.2. The van der Waals surface area contributed by atoms with E-state index in [-0.39, 0.29) is 0 Å². The number of nitrogens with one attached hydrogen (secondary N) is 5. The molecule has 0 fully saturated rings. The quantitative estimate of drug-likeness (QED) is 0.0944. The van der Waals surface area contributed by atoms with Crippen LogP contribution in [0.3, 0.4) is 0 Å². The van der Waals surface area contributed by atoms with Gasteiger partial charge in [-0.1, -0.05) is 108 Å². The molecule has 23 heteroatoms. The molecule has 0 saturated heterocycles. The molecule has 12 heterocycles. The first-order chi connectivity index (χ1) is 38.5. The summed E-state index contributed by atoms with van der Waals surface area (Å²) in [4.78, 5) is 23.9. The Balaban J connectivity index is 0.000000285. The van der Waals surface area contributed by atoms with Crippen LogP contribution in [0.5, 0.6) is 0 Å². The number of aromatic nitrogens is 17. The standard InChI is InChI=1S/C10H8.C6H6.C5H5N.C4H5N.C4H4O.C4H4S.2C3H4N2.2C3H3NO.C3H3NS.2C2H3N3.C2H2N2S/c1-2-6-10-8-4-3-7-9(10)5-1;2*1-2-4-6-5-3-1;3*1-2-4-5-3-1;1-2-5-3-4-1;1-2-4-5-3-1;1-2-5-3-4-1;1-2-4-5-3-1;1-2-5-3-4-1;1-3-2-5-4-1;1-2-4-5-3-1;1-3-4-2-5-1/h1-8H;1-6H;1-5H;1-5H;2*1-4H;2*1-3H,(H,4,5);3*1-3H;2*1-2H,(H,3,4,5);1-2H. The number of oxazole rings is 1. The average molecular weight is 1090 g/mol. The molecule has 15 aromatic rings. The molecule has 0 atom stereocenters. The molecule has 0 aliphatic heterocycles. The van der Waals surface area contributed by atoms with Crippen LogP contribution in [0.2, 0.25) is 0 Å². The van der Waals surface area contributed by atoms with Gasteiger partial charge < -0.3 is 23.3 Å². The Morgan fingerprint density at radius 1 is 0.351 bits per heavy atom. The number of nitrogens with zero attached hydrogens (tertiary/aromatic N) is 12. The summed E-state index contributed by atoms with van der Waals surface area (Å²) in [6, 6.07) is 49.6. The molecule has 0 amide bonds. The van der Waals surface area contributed by atoms with Crippen LogP contribution in [-0.2, 0) is 0 Å². The third-order valence-corrected chi connectivity index (χ3v) is 8.62. The first-order valence-electron chi connectivity index (χ1n) is 22.4. The highest BCUT2D eigenvalue weighted by Gasteiger charge is 1.85. The zero-order valence-corrected chi connectivity index (χ0v) is 43.8. The number of H-pyrrole nitrogens is 5. The molecule has 0 unspecified atom stereocenters. The number of fused-ring (bicyclic) bond motifs is 1. The van der Waals surface area contributed by atoms with Gasteiger partial charge in [0, 0.05) is 61.2 Å². The lowest BCUT2D eigenvalue weighted by Gasteiger charge is -1.92. The molecule has 0 bridgehead atoms. The number of imidazole rings is 1. The second-order valence-electron chi connectivity index (χ2n) is 12.5. The molecule has 394 valence electrons. The molecule has 3 aromatic carbocycles. The van der Waals surface area contributed by atoms with Crippen molar-refractivity contribution < 1.29 is 13.4 Å². The Morgan fingerprint density at radius 3 is 1.23 bits per heavy atom. The topological polar surface area (TPSA) is 273 Å². The summed E-state index contributed by atoms with van der Waals surface area (Å²) in [5, 5.41) is 40.5. The largest absolute Gasteiger partial charge is 0.473 e. The molecule has 0 spiro atoms. The van der Waals surface area contributed by atoms with Gasteiger partial charge in [0.1, 0.15) is 36.2 Å². The molecule has 0 radical (unpaired) electrons. The van der Waals surface area contributed by atoms with E-state index in [0.717, 1.165) is 0 Å². The summed E-state index contributed by atoms with van der Waals surface area (Å²) in [6.45, 7) is 0. The molecular formula is C54H57N17O3S3. The van der Waals surface area contributed by atoms with Crippen molar-refractivity contribution in [3.05, 3.63) is 315 Å². The van der Waals surface area contributed by atoms with Crippen LogP contribution in [-0.4, -0.2) is 86.0 Å². The van der Waals surface area contributed by atoms with Crippen LogP contribution in [0.4, 0.5) is 0 Å². The van der Waals surface area contributed by atoms with E-state index in [1.165, 1.54) is 53.7 Å². The Hall–Kier alpha value is -10.4. The van der Waals surface area contributed by atoms with Crippen LogP contribution in [0.1, 0.15) is 0 Å². The summed E-state index contributed by atoms with van der Waals surface area (Å²) in [7, 11) is 0. The Labute approximate surface area is 457 Å². The van der Waals surface area contributed by atoms with Crippen molar-refractivity contribution in [1.82, 2.24) is 86.0 Å². The van der Waals surface area contributed by atoms with Gasteiger partial charge in [0.25, 0.3) is 0 Å². The van der Waals surface area contributed by atoms with E-state index in [2.05, 4.69) is 148 Å². The van der Waals surface area contributed by atoms with Crippen molar-refractivity contribution in [2.75, 3.05) is 0 Å². The smallest absolute Gasteiger partial charge is 0.180 e. The fourth-order valence-electron chi connectivity index (χ4n) is 3.99. The summed E-state index contributed by atoms with van der Waals surface area (Å²) in [5.41, 5.74) is 5.15. The number of benzene rings is 3. The summed E-state index contributed by atoms with van der Waals surface area (Å²) in [5.74, 6) is 0. The molecule has 20 nitrogen and oxygen atoms in total. The van der Waals surface area contributed by atoms with Gasteiger partial charge in [-0.3, -0.25) is 20.2 Å². The molecule has 15 rings (SSSR count). The van der Waals surface area contributed by atoms with Gasteiger partial charge >= 0.3 is 0 Å². The van der Waals surface area contributed by atoms with Gasteiger partial charge in [0.05, 0.1) is 49.2 Å². The minimum absolute atomic E-state index is 1.31. The van der Waals surface area contributed by atoms with Gasteiger partial charge in [0.15, 0.2) is 6.39 Å². The number of rotatable bonds is 0. The monoisotopic (exact) mass is 1090 g/mol. The molecule has 12 aromatic heterocycles. The molecule has 0 saturated carbocycles. The predicted octanol–water partition coefficient (Wildman–Crippen LogP) is 13.1. The van der Waals surface area contributed by atoms with Crippen LogP contribution in [0.25, 0.3) is 10.8 Å². The minimum atomic E-state index is 1.31. The van der Waals surface area contributed by atoms with Crippen molar-refractivity contribution in [3.8, 4) is 0 Å². The normalized spacial score (nSPS) is 8.26. The van der Waals surface area contributed by atoms with Crippen molar-refractivity contribution in [2.45, 2.75) is 0 Å². The number of aromatic amines is 5. The van der Waals surface area contributed by atoms with E-state index >= 15 is 0 Å². The van der Waals surface area contributed by atoms with E-state index in [1.54, 1.807) is 132 Å². The summed E-state index contributed by atoms with van der Waals surface area (Å²) < 4.78 is 13.4. The second kappa shape index (κ2) is 55.0. The second-order valence-corrected chi connectivity index (χ2v) is 14.7. The van der Waals surface area contributed by atoms with Crippen molar-refractivity contribution in [3.63, 3.8) is 0 Å². The molecule has 77 heavy (non-hydrogen) atoms. The van der Waals surface area contributed by atoms with Gasteiger partial charge in [-0.2, -0.15) is 36.9 Å². The number of pyridine rings is 1. The van der Waals surface area contributed by atoms with Crippen LogP contribution in [0, 0.1) is 0 Å². The molecule has 0 aliphatic rings. The Bertz CT molecular complexity index is 2180. The lowest BCUT2D eigenvalue weighted by atomic mass is 10.1. The fourth-order valence-corrected chi connectivity index (χ4v) is 5.07. The third-order valence-electron chi connectivity index (χ3n) is 7.04. The van der Waals surface area contributed by atoms with E-state index < -0.39 is 0 Å². The van der Waals surface area contributed by atoms with E-state index in [9.17, 15) is 0 Å². The van der Waals surface area contributed by atoms with Gasteiger partial charge in [0.2, 0.25) is 0 Å². The number of thiazole rings is 1. The first kappa shape index (κ1) is 62.8. The van der Waals surface area contributed by atoms with Crippen molar-refractivity contribution >= 4 is 44.8 Å². The number of hydrogen-bond acceptors (Lipinski definition) is 18. The first-order valence-corrected chi connectivity index (χ1v) is 25.2. The molecule has 5 N–H and O–H groups in total. The SMILES string of the molecule is c1c[nH]cn1.c1cc[nH]c1.c1ccc2ccccc2c1.c1ccccc1.c1ccncc1.c1ccoc1.c1ccsc1.c1cn[nH]c1.c1cn[nH]n1.c1cnoc1.c1cocn1.c1cscn1.c1nc[nH]n1.c1nncs1. The predicted molar refractivity (Wildman–Crippen MR) is 303 cm³/mol. The fraction of sp³-hybridized carbons (Fsp3) is 0. The Kier molecular flexibility index (Phi) is 44.8. The number of furan rings is 1. The number of hydrogen-bond donors (Lipinski definition) is 5. The van der Waals surface area contributed by atoms with Gasteiger partial charge in [-0.05, 0) is 70.1 Å². The molecule has 0 aliphatic carbocycles. The van der Waals surface area contributed by atoms with Crippen LogP contribution >= 0.6 is 34.0 Å². The molecular weight excluding hydrogens is 1030 g/mol. The lowest BCUT2D eigenvalue weighted by molar-refractivity contribution is 0.420. The van der Waals surface area contributed by atoms with Gasteiger partial charge in [-0.15, -0.1) is 32.9 Å². The van der Waals surface area contributed by atoms with Crippen LogP contribution < -0.4 is 0 Å².